The maximum atomic E-state index is 14.3. The van der Waals surface area contributed by atoms with Gasteiger partial charge < -0.3 is 14.2 Å². The first kappa shape index (κ1) is 22.1. The summed E-state index contributed by atoms with van der Waals surface area (Å²) in [6.07, 6.45) is 7.16. The van der Waals surface area contributed by atoms with Gasteiger partial charge in [-0.2, -0.15) is 5.26 Å². The third kappa shape index (κ3) is 3.68. The molecule has 9 heteroatoms. The monoisotopic (exact) mass is 479 g/mol. The van der Waals surface area contributed by atoms with Crippen LogP contribution in [0.15, 0.2) is 41.5 Å². The highest BCUT2D eigenvalue weighted by Gasteiger charge is 2.52. The number of hydrogen-bond acceptors (Lipinski definition) is 6. The Morgan fingerprint density at radius 3 is 2.49 bits per heavy atom. The van der Waals surface area contributed by atoms with Crippen LogP contribution in [0.3, 0.4) is 0 Å². The van der Waals surface area contributed by atoms with Crippen molar-refractivity contribution in [1.82, 2.24) is 9.55 Å². The van der Waals surface area contributed by atoms with Gasteiger partial charge in [0.2, 0.25) is 0 Å². The molecule has 6 rings (SSSR count). The fourth-order valence-electron chi connectivity index (χ4n) is 5.79. The molecule has 0 amide bonds. The van der Waals surface area contributed by atoms with Gasteiger partial charge in [0, 0.05) is 18.9 Å². The molecule has 0 radical (unpaired) electrons. The van der Waals surface area contributed by atoms with Crippen molar-refractivity contribution in [3.8, 4) is 17.6 Å². The van der Waals surface area contributed by atoms with Gasteiger partial charge >= 0.3 is 0 Å². The summed E-state index contributed by atoms with van der Waals surface area (Å²) in [7, 11) is 0. The lowest BCUT2D eigenvalue weighted by molar-refractivity contribution is -0.202. The lowest BCUT2D eigenvalue weighted by atomic mass is 9.57. The molecule has 2 aliphatic carbocycles. The molecule has 0 unspecified atom stereocenters. The van der Waals surface area contributed by atoms with Gasteiger partial charge in [-0.15, -0.1) is 0 Å². The number of rotatable bonds is 3. The van der Waals surface area contributed by atoms with Crippen LogP contribution < -0.4 is 10.3 Å². The van der Waals surface area contributed by atoms with Crippen LogP contribution in [0.25, 0.3) is 10.9 Å². The molecule has 3 aliphatic rings. The summed E-state index contributed by atoms with van der Waals surface area (Å²) in [5.74, 6) is -2.54. The second-order valence-electron chi connectivity index (χ2n) is 9.75. The number of fused-ring (bicyclic) bond motifs is 1. The van der Waals surface area contributed by atoms with Gasteiger partial charge in [0.05, 0.1) is 30.4 Å². The van der Waals surface area contributed by atoms with Crippen LogP contribution in [0.5, 0.6) is 11.5 Å². The van der Waals surface area contributed by atoms with Crippen LogP contribution in [-0.2, 0) is 9.47 Å². The summed E-state index contributed by atoms with van der Waals surface area (Å²) in [5, 5.41) is 9.52. The molecule has 7 nitrogen and oxygen atoms in total. The normalized spacial score (nSPS) is 20.7. The molecule has 3 fully saturated rings. The Morgan fingerprint density at radius 2 is 1.77 bits per heavy atom. The standard InChI is InChI=1S/C26H23F2N3O4/c27-20-2-3-21(28)23(19(20)14-29)35-17-1-4-22-18(11-17)24(32)31(15-30-22)16-12-25(13-16)5-7-26(8-6-25)33-9-10-34-26/h1-4,11,15-16H,5-10,12-13H2. The average Bonchev–Trinajstić information content (AvgIpc) is 3.30. The first-order valence-electron chi connectivity index (χ1n) is 11.8. The topological polar surface area (TPSA) is 86.4 Å². The Labute approximate surface area is 199 Å². The Kier molecular flexibility index (Phi) is 5.13. The summed E-state index contributed by atoms with van der Waals surface area (Å²) >= 11 is 0. The average molecular weight is 479 g/mol. The van der Waals surface area contributed by atoms with E-state index >= 15 is 0 Å². The van der Waals surface area contributed by atoms with E-state index in [2.05, 4.69) is 4.98 Å². The predicted octanol–water partition coefficient (Wildman–Crippen LogP) is 4.98. The summed E-state index contributed by atoms with van der Waals surface area (Å²) in [6, 6.07) is 7.99. The number of ether oxygens (including phenoxy) is 3. The SMILES string of the molecule is N#Cc1c(F)ccc(F)c1Oc1ccc2ncn(C3CC4(CCC5(CC4)OCCO5)C3)c(=O)c2c1. The van der Waals surface area contributed by atoms with Gasteiger partial charge in [0.1, 0.15) is 23.2 Å². The van der Waals surface area contributed by atoms with Gasteiger partial charge in [-0.25, -0.2) is 13.8 Å². The van der Waals surface area contributed by atoms with E-state index in [9.17, 15) is 18.8 Å². The van der Waals surface area contributed by atoms with E-state index in [1.807, 2.05) is 0 Å². The molecule has 2 heterocycles. The van der Waals surface area contributed by atoms with Crippen LogP contribution in [0.2, 0.25) is 0 Å². The van der Waals surface area contributed by atoms with Crippen molar-refractivity contribution < 1.29 is 23.0 Å². The molecule has 2 aromatic carbocycles. The number of halogens is 2. The van der Waals surface area contributed by atoms with Crippen molar-refractivity contribution in [2.75, 3.05) is 13.2 Å². The second kappa shape index (κ2) is 8.11. The van der Waals surface area contributed by atoms with E-state index in [0.29, 0.717) is 24.1 Å². The Morgan fingerprint density at radius 1 is 1.06 bits per heavy atom. The number of hydrogen-bond donors (Lipinski definition) is 0. The van der Waals surface area contributed by atoms with E-state index < -0.39 is 28.7 Å². The predicted molar refractivity (Wildman–Crippen MR) is 121 cm³/mol. The lowest BCUT2D eigenvalue weighted by Gasteiger charge is -2.53. The van der Waals surface area contributed by atoms with E-state index in [4.69, 9.17) is 14.2 Å². The molecule has 180 valence electrons. The van der Waals surface area contributed by atoms with Gasteiger partial charge in [-0.3, -0.25) is 9.36 Å². The molecule has 1 saturated heterocycles. The minimum Gasteiger partial charge on any atom is -0.453 e. The molecule has 0 bridgehead atoms. The third-order valence-corrected chi connectivity index (χ3v) is 7.76. The first-order valence-corrected chi connectivity index (χ1v) is 11.8. The zero-order valence-electron chi connectivity index (χ0n) is 18.9. The van der Waals surface area contributed by atoms with Crippen molar-refractivity contribution in [2.45, 2.75) is 50.4 Å². The fourth-order valence-corrected chi connectivity index (χ4v) is 5.79. The summed E-state index contributed by atoms with van der Waals surface area (Å²) < 4.78 is 47.0. The quantitative estimate of drug-likeness (QED) is 0.527. The van der Waals surface area contributed by atoms with E-state index in [-0.39, 0.29) is 22.8 Å². The van der Waals surface area contributed by atoms with Gasteiger partial charge in [-0.1, -0.05) is 0 Å². The maximum absolute atomic E-state index is 14.3. The zero-order valence-corrected chi connectivity index (χ0v) is 18.9. The second-order valence-corrected chi connectivity index (χ2v) is 9.75. The van der Waals surface area contributed by atoms with Gasteiger partial charge in [0.25, 0.3) is 5.56 Å². The van der Waals surface area contributed by atoms with Crippen LogP contribution in [0.4, 0.5) is 8.78 Å². The Balaban J connectivity index is 1.24. The highest BCUT2D eigenvalue weighted by Crippen LogP contribution is 2.59. The number of benzene rings is 2. The van der Waals surface area contributed by atoms with Crippen LogP contribution in [-0.4, -0.2) is 28.6 Å². The zero-order chi connectivity index (χ0) is 24.2. The summed E-state index contributed by atoms with van der Waals surface area (Å²) in [5.41, 5.74) is -0.0675. The minimum absolute atomic E-state index is 0.0503. The third-order valence-electron chi connectivity index (χ3n) is 7.76. The van der Waals surface area contributed by atoms with Crippen molar-refractivity contribution >= 4 is 10.9 Å². The highest BCUT2D eigenvalue weighted by atomic mass is 19.1. The minimum atomic E-state index is -0.882. The lowest BCUT2D eigenvalue weighted by Crippen LogP contribution is -2.48. The molecule has 2 spiro atoms. The maximum Gasteiger partial charge on any atom is 0.261 e. The van der Waals surface area contributed by atoms with Gasteiger partial charge in [-0.05, 0) is 61.4 Å². The molecule has 0 atom stereocenters. The van der Waals surface area contributed by atoms with Crippen LogP contribution in [0, 0.1) is 28.4 Å². The largest absolute Gasteiger partial charge is 0.453 e. The van der Waals surface area contributed by atoms with Crippen molar-refractivity contribution in [1.29, 1.82) is 5.26 Å². The van der Waals surface area contributed by atoms with Crippen LogP contribution >= 0.6 is 0 Å². The van der Waals surface area contributed by atoms with Gasteiger partial charge in [0.15, 0.2) is 17.4 Å². The first-order chi connectivity index (χ1) is 16.9. The number of aromatic nitrogens is 2. The highest BCUT2D eigenvalue weighted by molar-refractivity contribution is 5.79. The molecule has 3 aromatic rings. The van der Waals surface area contributed by atoms with E-state index in [0.717, 1.165) is 50.7 Å². The number of nitriles is 1. The smallest absolute Gasteiger partial charge is 0.261 e. The Bertz CT molecular complexity index is 1410. The summed E-state index contributed by atoms with van der Waals surface area (Å²) in [4.78, 5) is 17.8. The van der Waals surface area contributed by atoms with Crippen LogP contribution in [0.1, 0.15) is 50.1 Å². The molecule has 1 aliphatic heterocycles. The van der Waals surface area contributed by atoms with Crippen molar-refractivity contribution in [3.05, 3.63) is 64.2 Å². The fraction of sp³-hybridized carbons (Fsp3) is 0.423. The molecule has 0 N–H and O–H groups in total. The summed E-state index contributed by atoms with van der Waals surface area (Å²) in [6.45, 7) is 1.31. The molecule has 2 saturated carbocycles. The molecule has 35 heavy (non-hydrogen) atoms. The Hall–Kier alpha value is -3.35. The van der Waals surface area contributed by atoms with Crippen molar-refractivity contribution in [2.24, 2.45) is 5.41 Å². The van der Waals surface area contributed by atoms with E-state index in [1.165, 1.54) is 12.1 Å². The van der Waals surface area contributed by atoms with Crippen molar-refractivity contribution in [3.63, 3.8) is 0 Å². The molecular weight excluding hydrogens is 456 g/mol. The van der Waals surface area contributed by atoms with E-state index in [1.54, 1.807) is 23.0 Å². The molecule has 1 aromatic heterocycles. The molecular formula is C26H23F2N3O4. The number of nitrogens with zero attached hydrogens (tertiary/aromatic N) is 3.